The Kier molecular flexibility index (Phi) is 3.38. The minimum atomic E-state index is -1.10. The van der Waals surface area contributed by atoms with E-state index in [0.29, 0.717) is 0 Å². The average molecular weight is 234 g/mol. The van der Waals surface area contributed by atoms with Crippen molar-refractivity contribution in [2.75, 3.05) is 0 Å². The van der Waals surface area contributed by atoms with Crippen molar-refractivity contribution in [3.63, 3.8) is 0 Å². The minimum absolute atomic E-state index is 0.126. The molecule has 0 aliphatic rings. The smallest absolute Gasteiger partial charge is 0.175 e. The van der Waals surface area contributed by atoms with Crippen LogP contribution in [0, 0.1) is 24.4 Å². The van der Waals surface area contributed by atoms with Gasteiger partial charge in [-0.15, -0.1) is 11.8 Å². The molecule has 0 unspecified atom stereocenters. The zero-order valence-corrected chi connectivity index (χ0v) is 9.94. The molecule has 0 N–H and O–H groups in total. The maximum atomic E-state index is 13.5. The van der Waals surface area contributed by atoms with E-state index < -0.39 is 17.5 Å². The Balaban J connectivity index is 3.27. The molecule has 0 fully saturated rings. The van der Waals surface area contributed by atoms with Gasteiger partial charge in [0, 0.05) is 4.75 Å². The second-order valence-electron chi connectivity index (χ2n) is 4.35. The molecule has 0 radical (unpaired) electrons. The topological polar surface area (TPSA) is 0 Å². The van der Waals surface area contributed by atoms with Crippen molar-refractivity contribution in [3.8, 4) is 0 Å². The maximum Gasteiger partial charge on any atom is 0.175 e. The van der Waals surface area contributed by atoms with E-state index in [9.17, 15) is 13.2 Å². The standard InChI is InChI=1S/C11H13F3S/c1-6-5-7(12)9(14)10(8(6)13)15-11(2,3)4/h5H,1-4H3. The number of benzene rings is 1. The summed E-state index contributed by atoms with van der Waals surface area (Å²) in [6.45, 7) is 6.87. The highest BCUT2D eigenvalue weighted by Crippen LogP contribution is 2.37. The Labute approximate surface area is 91.9 Å². The SMILES string of the molecule is Cc1cc(F)c(F)c(SC(C)(C)C)c1F. The van der Waals surface area contributed by atoms with Crippen LogP contribution in [0.15, 0.2) is 11.0 Å². The Hall–Kier alpha value is -0.640. The number of thioether (sulfide) groups is 1. The van der Waals surface area contributed by atoms with E-state index in [1.165, 1.54) is 6.92 Å². The number of hydrogen-bond donors (Lipinski definition) is 0. The molecular weight excluding hydrogens is 221 g/mol. The first-order valence-corrected chi connectivity index (χ1v) is 5.37. The van der Waals surface area contributed by atoms with Crippen LogP contribution in [0.1, 0.15) is 26.3 Å². The summed E-state index contributed by atoms with van der Waals surface area (Å²) in [7, 11) is 0. The monoisotopic (exact) mass is 234 g/mol. The first-order valence-electron chi connectivity index (χ1n) is 4.55. The van der Waals surface area contributed by atoms with Crippen molar-refractivity contribution in [2.45, 2.75) is 37.3 Å². The molecule has 0 bridgehead atoms. The molecular formula is C11H13F3S. The number of hydrogen-bond acceptors (Lipinski definition) is 1. The van der Waals surface area contributed by atoms with Gasteiger partial charge in [0.2, 0.25) is 0 Å². The van der Waals surface area contributed by atoms with Crippen molar-refractivity contribution >= 4 is 11.8 Å². The highest BCUT2D eigenvalue weighted by Gasteiger charge is 2.22. The summed E-state index contributed by atoms with van der Waals surface area (Å²) >= 11 is 0.992. The molecule has 15 heavy (non-hydrogen) atoms. The quantitative estimate of drug-likeness (QED) is 0.515. The molecule has 1 aromatic carbocycles. The third-order valence-electron chi connectivity index (χ3n) is 1.71. The van der Waals surface area contributed by atoms with Gasteiger partial charge >= 0.3 is 0 Å². The van der Waals surface area contributed by atoms with Gasteiger partial charge in [0.15, 0.2) is 11.6 Å². The summed E-state index contributed by atoms with van der Waals surface area (Å²) in [4.78, 5) is -0.236. The first-order chi connectivity index (χ1) is 6.72. The van der Waals surface area contributed by atoms with Crippen LogP contribution in [0.3, 0.4) is 0 Å². The number of aryl methyl sites for hydroxylation is 1. The van der Waals surface area contributed by atoms with E-state index >= 15 is 0 Å². The molecule has 0 aliphatic carbocycles. The van der Waals surface area contributed by atoms with E-state index in [-0.39, 0.29) is 15.2 Å². The van der Waals surface area contributed by atoms with Crippen molar-refractivity contribution in [1.82, 2.24) is 0 Å². The molecule has 0 saturated carbocycles. The predicted molar refractivity (Wildman–Crippen MR) is 56.7 cm³/mol. The molecule has 0 saturated heterocycles. The van der Waals surface area contributed by atoms with Gasteiger partial charge in [-0.3, -0.25) is 0 Å². The van der Waals surface area contributed by atoms with E-state index in [1.807, 2.05) is 20.8 Å². The molecule has 4 heteroatoms. The Bertz CT molecular complexity index is 354. The lowest BCUT2D eigenvalue weighted by Crippen LogP contribution is -2.09. The van der Waals surface area contributed by atoms with Crippen LogP contribution in [-0.4, -0.2) is 4.75 Å². The van der Waals surface area contributed by atoms with E-state index in [1.54, 1.807) is 0 Å². The van der Waals surface area contributed by atoms with Crippen molar-refractivity contribution in [2.24, 2.45) is 0 Å². The van der Waals surface area contributed by atoms with Crippen LogP contribution in [-0.2, 0) is 0 Å². The van der Waals surface area contributed by atoms with Crippen molar-refractivity contribution in [1.29, 1.82) is 0 Å². The zero-order valence-electron chi connectivity index (χ0n) is 9.12. The predicted octanol–water partition coefficient (Wildman–Crippen LogP) is 4.30. The van der Waals surface area contributed by atoms with Gasteiger partial charge in [-0.1, -0.05) is 20.8 Å². The van der Waals surface area contributed by atoms with Crippen LogP contribution >= 0.6 is 11.8 Å². The summed E-state index contributed by atoms with van der Waals surface area (Å²) in [5.41, 5.74) is 0.126. The maximum absolute atomic E-state index is 13.5. The second-order valence-corrected chi connectivity index (χ2v) is 6.18. The molecule has 0 aromatic heterocycles. The van der Waals surface area contributed by atoms with Crippen LogP contribution in [0.2, 0.25) is 0 Å². The molecule has 84 valence electrons. The van der Waals surface area contributed by atoms with Gasteiger partial charge in [-0.25, -0.2) is 13.2 Å². The second kappa shape index (κ2) is 4.08. The highest BCUT2D eigenvalue weighted by atomic mass is 32.2. The van der Waals surface area contributed by atoms with Crippen LogP contribution in [0.25, 0.3) is 0 Å². The summed E-state index contributed by atoms with van der Waals surface area (Å²) in [6.07, 6.45) is 0. The summed E-state index contributed by atoms with van der Waals surface area (Å²) in [5, 5.41) is 0. The Morgan fingerprint density at radius 3 is 2.07 bits per heavy atom. The van der Waals surface area contributed by atoms with Gasteiger partial charge in [0.1, 0.15) is 5.82 Å². The van der Waals surface area contributed by atoms with E-state index in [4.69, 9.17) is 0 Å². The Morgan fingerprint density at radius 2 is 1.60 bits per heavy atom. The average Bonchev–Trinajstić information content (AvgIpc) is 2.08. The van der Waals surface area contributed by atoms with Crippen LogP contribution < -0.4 is 0 Å². The minimum Gasteiger partial charge on any atom is -0.205 e. The van der Waals surface area contributed by atoms with Crippen molar-refractivity contribution < 1.29 is 13.2 Å². The fraction of sp³-hybridized carbons (Fsp3) is 0.455. The van der Waals surface area contributed by atoms with Gasteiger partial charge < -0.3 is 0 Å². The molecule has 0 amide bonds. The first kappa shape index (κ1) is 12.4. The largest absolute Gasteiger partial charge is 0.205 e. The molecule has 1 rings (SSSR count). The lowest BCUT2D eigenvalue weighted by molar-refractivity contribution is 0.463. The fourth-order valence-electron chi connectivity index (χ4n) is 1.10. The highest BCUT2D eigenvalue weighted by molar-refractivity contribution is 8.00. The van der Waals surface area contributed by atoms with Gasteiger partial charge in [-0.2, -0.15) is 0 Å². The molecule has 1 aromatic rings. The normalized spacial score (nSPS) is 11.9. The van der Waals surface area contributed by atoms with Gasteiger partial charge in [0.05, 0.1) is 4.90 Å². The third-order valence-corrected chi connectivity index (χ3v) is 2.88. The van der Waals surface area contributed by atoms with E-state index in [2.05, 4.69) is 0 Å². The molecule has 0 nitrogen and oxygen atoms in total. The third kappa shape index (κ3) is 2.91. The van der Waals surface area contributed by atoms with Gasteiger partial charge in [-0.05, 0) is 18.6 Å². The van der Waals surface area contributed by atoms with Crippen LogP contribution in [0.5, 0.6) is 0 Å². The lowest BCUT2D eigenvalue weighted by atomic mass is 10.2. The fourth-order valence-corrected chi connectivity index (χ4v) is 2.15. The summed E-state index contributed by atoms with van der Waals surface area (Å²) in [6, 6.07) is 0.872. The molecule has 0 aliphatic heterocycles. The summed E-state index contributed by atoms with van der Waals surface area (Å²) in [5.74, 6) is -2.77. The number of rotatable bonds is 1. The molecule has 0 spiro atoms. The molecule has 0 heterocycles. The van der Waals surface area contributed by atoms with Crippen molar-refractivity contribution in [3.05, 3.63) is 29.1 Å². The van der Waals surface area contributed by atoms with E-state index in [0.717, 1.165) is 17.8 Å². The Morgan fingerprint density at radius 1 is 1.07 bits per heavy atom. The lowest BCUT2D eigenvalue weighted by Gasteiger charge is -2.19. The summed E-state index contributed by atoms with van der Waals surface area (Å²) < 4.78 is 39.6. The molecule has 0 atom stereocenters. The van der Waals surface area contributed by atoms with Crippen LogP contribution in [0.4, 0.5) is 13.2 Å². The number of halogens is 3. The zero-order chi connectivity index (χ0) is 11.8. The van der Waals surface area contributed by atoms with Gasteiger partial charge in [0.25, 0.3) is 0 Å².